The molecule has 0 atom stereocenters. The Kier molecular flexibility index (Phi) is 19.0. The van der Waals surface area contributed by atoms with Gasteiger partial charge in [-0.05, 0) is 74.2 Å². The van der Waals surface area contributed by atoms with E-state index in [9.17, 15) is 14.7 Å². The molecule has 9 heteroatoms. The Morgan fingerprint density at radius 2 is 0.934 bits per heavy atom. The Balaban J connectivity index is 2.45. The summed E-state index contributed by atoms with van der Waals surface area (Å²) in [6.45, 7) is 27.7. The minimum absolute atomic E-state index is 0.0376. The molecule has 0 aliphatic rings. The molecule has 0 aromatic heterocycles. The lowest BCUT2D eigenvalue weighted by Gasteiger charge is -2.41. The van der Waals surface area contributed by atoms with Crippen molar-refractivity contribution in [2.75, 3.05) is 27.4 Å². The van der Waals surface area contributed by atoms with Gasteiger partial charge in [-0.25, -0.2) is 0 Å². The Hall–Kier alpha value is -4.29. The number of hydrogen-bond acceptors (Lipinski definition) is 6. The molecule has 0 heterocycles. The molecule has 0 aliphatic carbocycles. The van der Waals surface area contributed by atoms with Gasteiger partial charge in [-0.1, -0.05) is 138 Å². The molecule has 7 nitrogen and oxygen atoms in total. The van der Waals surface area contributed by atoms with Gasteiger partial charge in [0.25, 0.3) is 0 Å². The van der Waals surface area contributed by atoms with E-state index in [4.69, 9.17) is 18.9 Å². The topological polar surface area (TPSA) is 91.3 Å². The van der Waals surface area contributed by atoms with Gasteiger partial charge in [0, 0.05) is 18.3 Å². The van der Waals surface area contributed by atoms with Crippen LogP contribution in [0.25, 0.3) is 0 Å². The molecule has 61 heavy (non-hydrogen) atoms. The van der Waals surface area contributed by atoms with Crippen molar-refractivity contribution in [2.24, 2.45) is 5.41 Å². The molecule has 0 spiro atoms. The molecule has 0 radical (unpaired) electrons. The van der Waals surface area contributed by atoms with Crippen LogP contribution in [0.1, 0.15) is 125 Å². The van der Waals surface area contributed by atoms with Crippen molar-refractivity contribution < 1.29 is 33.6 Å². The van der Waals surface area contributed by atoms with Crippen molar-refractivity contribution in [2.45, 2.75) is 148 Å². The fourth-order valence-corrected chi connectivity index (χ4v) is 20.3. The van der Waals surface area contributed by atoms with Crippen LogP contribution in [0.3, 0.4) is 0 Å². The lowest BCUT2D eigenvalue weighted by atomic mass is 9.78. The molecule has 1 N–H and O–H groups in total. The van der Waals surface area contributed by atoms with Crippen molar-refractivity contribution in [3.63, 3.8) is 0 Å². The highest BCUT2D eigenvalue weighted by atomic mass is 28.3. The second-order valence-electron chi connectivity index (χ2n) is 18.6. The molecule has 0 aliphatic heterocycles. The smallest absolute Gasteiger partial charge is 0.306 e. The van der Waals surface area contributed by atoms with E-state index in [2.05, 4.69) is 118 Å². The van der Waals surface area contributed by atoms with Crippen molar-refractivity contribution in [3.8, 4) is 34.4 Å². The minimum atomic E-state index is -2.17. The number of carboxylic acid groups (broad SMARTS) is 1. The Labute approximate surface area is 370 Å². The van der Waals surface area contributed by atoms with Gasteiger partial charge < -0.3 is 24.1 Å². The number of esters is 1. The zero-order chi connectivity index (χ0) is 45.6. The highest BCUT2D eigenvalue weighted by Gasteiger charge is 2.45. The van der Waals surface area contributed by atoms with Crippen LogP contribution in [0, 0.1) is 28.3 Å². The molecule has 0 amide bonds. The summed E-state index contributed by atoms with van der Waals surface area (Å²) in [5, 5.41) is 9.44. The van der Waals surface area contributed by atoms with Crippen LogP contribution in [-0.4, -0.2) is 60.6 Å². The fraction of sp³-hybridized carbons (Fsp3) is 0.538. The number of carbonyl (C=O) groups excluding carboxylic acids is 1. The highest BCUT2D eigenvalue weighted by Crippen LogP contribution is 2.46. The van der Waals surface area contributed by atoms with E-state index in [0.717, 1.165) is 28.2 Å². The number of aliphatic carboxylic acids is 1. The lowest BCUT2D eigenvalue weighted by molar-refractivity contribution is -0.152. The van der Waals surface area contributed by atoms with E-state index in [-0.39, 0.29) is 26.1 Å². The molecule has 3 rings (SSSR count). The molecular weight excluding hydrogens is 793 g/mol. The highest BCUT2D eigenvalue weighted by molar-refractivity contribution is 6.91. The first-order chi connectivity index (χ1) is 28.8. The number of methoxy groups -OCH3 is 2. The fourth-order valence-electron chi connectivity index (χ4n) is 9.79. The van der Waals surface area contributed by atoms with Crippen LogP contribution in [0.15, 0.2) is 78.9 Å². The largest absolute Gasteiger partial charge is 0.497 e. The third-order valence-corrected chi connectivity index (χ3v) is 25.8. The minimum Gasteiger partial charge on any atom is -0.497 e. The number of hydrogen-bond donors (Lipinski definition) is 1. The number of ether oxygens (including phenoxy) is 4. The molecule has 0 saturated carbocycles. The van der Waals surface area contributed by atoms with E-state index in [1.807, 2.05) is 66.7 Å². The van der Waals surface area contributed by atoms with E-state index in [1.165, 1.54) is 0 Å². The second kappa shape index (κ2) is 22.7. The van der Waals surface area contributed by atoms with Crippen molar-refractivity contribution in [1.29, 1.82) is 0 Å². The van der Waals surface area contributed by atoms with Crippen LogP contribution in [0.4, 0.5) is 0 Å². The molecular formula is C52H74O7Si2. The summed E-state index contributed by atoms with van der Waals surface area (Å²) in [5.41, 5.74) is 11.0. The zero-order valence-corrected chi connectivity index (χ0v) is 41.6. The Bertz CT molecular complexity index is 1820. The monoisotopic (exact) mass is 866 g/mol. The van der Waals surface area contributed by atoms with Crippen LogP contribution in [-0.2, 0) is 24.7 Å². The van der Waals surface area contributed by atoms with E-state index in [1.54, 1.807) is 14.2 Å². The first-order valence-electron chi connectivity index (χ1n) is 22.1. The average molecular weight is 867 g/mol. The Morgan fingerprint density at radius 3 is 1.28 bits per heavy atom. The van der Waals surface area contributed by atoms with Gasteiger partial charge in [-0.15, -0.1) is 22.9 Å². The maximum atomic E-state index is 13.4. The summed E-state index contributed by atoms with van der Waals surface area (Å²) in [5.74, 6) is 7.30. The summed E-state index contributed by atoms with van der Waals surface area (Å²) < 4.78 is 24.9. The third-order valence-electron chi connectivity index (χ3n) is 13.1. The van der Waals surface area contributed by atoms with Gasteiger partial charge in [0.05, 0.1) is 33.7 Å². The number of rotatable bonds is 21. The number of carboxylic acids is 1. The van der Waals surface area contributed by atoms with Crippen LogP contribution < -0.4 is 9.47 Å². The van der Waals surface area contributed by atoms with Gasteiger partial charge in [-0.2, -0.15) is 0 Å². The maximum absolute atomic E-state index is 13.4. The summed E-state index contributed by atoms with van der Waals surface area (Å²) in [4.78, 5) is 24.9. The first kappa shape index (κ1) is 51.1. The van der Waals surface area contributed by atoms with Crippen molar-refractivity contribution in [1.82, 2.24) is 0 Å². The van der Waals surface area contributed by atoms with Gasteiger partial charge >= 0.3 is 11.9 Å². The van der Waals surface area contributed by atoms with Gasteiger partial charge in [0.2, 0.25) is 0 Å². The van der Waals surface area contributed by atoms with Crippen LogP contribution in [0.2, 0.25) is 33.2 Å². The normalized spacial score (nSPS) is 12.4. The van der Waals surface area contributed by atoms with Gasteiger partial charge in [0.15, 0.2) is 0 Å². The van der Waals surface area contributed by atoms with Crippen molar-refractivity contribution in [3.05, 3.63) is 95.6 Å². The van der Waals surface area contributed by atoms with Crippen LogP contribution in [0.5, 0.6) is 11.5 Å². The van der Waals surface area contributed by atoms with E-state index >= 15 is 0 Å². The lowest BCUT2D eigenvalue weighted by Crippen LogP contribution is -2.44. The van der Waals surface area contributed by atoms with Crippen LogP contribution >= 0.6 is 0 Å². The number of carbonyl (C=O) groups is 2. The third kappa shape index (κ3) is 12.0. The number of benzene rings is 3. The summed E-state index contributed by atoms with van der Waals surface area (Å²) in [6.07, 6.45) is 0.184. The summed E-state index contributed by atoms with van der Waals surface area (Å²) >= 11 is 0. The van der Waals surface area contributed by atoms with Gasteiger partial charge in [0.1, 0.15) is 39.9 Å². The predicted molar refractivity (Wildman–Crippen MR) is 255 cm³/mol. The molecule has 0 unspecified atom stereocenters. The maximum Gasteiger partial charge on any atom is 0.306 e. The molecule has 0 bridgehead atoms. The van der Waals surface area contributed by atoms with E-state index < -0.39 is 39.1 Å². The SMILES string of the molecule is COc1ccc(C(OCC(CC#C[Si](C(C)C)(C(C)C)C(C)C)(CC#C[Si](C(C)C)(C(C)C)C(C)C)COC(=O)CCC(=O)O)(c2ccccc2)c2ccc(OC)cc2)cc1. The molecule has 0 fully saturated rings. The standard InChI is InChI=1S/C52H74O7Si2/c1-38(2)60(39(3)4,40(5)6)34-18-32-51(36-58-50(55)31-30-49(53)54,33-19-35-61(41(7)8,42(9)10)43(11)12)37-59-52(44-20-16-15-17-21-44,45-22-26-47(56-13)27-23-45)46-24-28-48(57-14)29-25-46/h15-17,20-29,38-43H,30-33,36-37H2,1-14H3,(H,53,54). The average Bonchev–Trinajstić information content (AvgIpc) is 3.22. The Morgan fingerprint density at radius 1 is 0.557 bits per heavy atom. The first-order valence-corrected chi connectivity index (χ1v) is 26.6. The zero-order valence-electron chi connectivity index (χ0n) is 39.6. The quantitative estimate of drug-likeness (QED) is 0.0493. The summed E-state index contributed by atoms with van der Waals surface area (Å²) in [7, 11) is -1.03. The molecule has 332 valence electrons. The second-order valence-corrected chi connectivity index (χ2v) is 29.8. The molecule has 0 saturated heterocycles. The molecule has 3 aromatic carbocycles. The molecule has 3 aromatic rings. The van der Waals surface area contributed by atoms with E-state index in [0.29, 0.717) is 46.1 Å². The van der Waals surface area contributed by atoms with Gasteiger partial charge in [-0.3, -0.25) is 9.59 Å². The predicted octanol–water partition coefficient (Wildman–Crippen LogP) is 12.6. The van der Waals surface area contributed by atoms with Crippen molar-refractivity contribution >= 4 is 28.1 Å². The summed E-state index contributed by atoms with van der Waals surface area (Å²) in [6, 6.07) is 26.1.